The highest BCUT2D eigenvalue weighted by atomic mass is 16.5. The standard InChI is InChI=1S/C23H30N4O2/c1-4-27-16-19(17(2)24-27)15-26-13-7-5-6-8-22(26)21-14-23(29-25-21)18-9-11-20(28-3)12-10-18/h9-12,14,16,22H,4-8,13,15H2,1-3H3/t22-/m1/s1. The molecule has 3 aromatic rings. The van der Waals surface area contributed by atoms with Crippen molar-refractivity contribution in [2.24, 2.45) is 0 Å². The Labute approximate surface area is 172 Å². The van der Waals surface area contributed by atoms with Gasteiger partial charge in [-0.05, 0) is 57.5 Å². The molecule has 0 N–H and O–H groups in total. The predicted molar refractivity (Wildman–Crippen MR) is 113 cm³/mol. The van der Waals surface area contributed by atoms with Gasteiger partial charge in [0.15, 0.2) is 5.76 Å². The van der Waals surface area contributed by atoms with Gasteiger partial charge in [0, 0.05) is 36.5 Å². The zero-order valence-electron chi connectivity index (χ0n) is 17.6. The van der Waals surface area contributed by atoms with E-state index in [0.29, 0.717) is 0 Å². The summed E-state index contributed by atoms with van der Waals surface area (Å²) in [4.78, 5) is 2.55. The molecule has 1 atom stereocenters. The first-order chi connectivity index (χ1) is 14.2. The van der Waals surface area contributed by atoms with Crippen LogP contribution < -0.4 is 4.74 Å². The van der Waals surface area contributed by atoms with Crippen molar-refractivity contribution >= 4 is 0 Å². The number of aromatic nitrogens is 3. The van der Waals surface area contributed by atoms with E-state index in [1.807, 2.05) is 28.9 Å². The lowest BCUT2D eigenvalue weighted by Crippen LogP contribution is -2.28. The number of methoxy groups -OCH3 is 1. The summed E-state index contributed by atoms with van der Waals surface area (Å²) >= 11 is 0. The Hall–Kier alpha value is -2.60. The molecule has 1 fully saturated rings. The van der Waals surface area contributed by atoms with Gasteiger partial charge < -0.3 is 9.26 Å². The zero-order chi connectivity index (χ0) is 20.2. The molecule has 0 amide bonds. The van der Waals surface area contributed by atoms with E-state index in [1.165, 1.54) is 24.8 Å². The molecule has 1 aliphatic heterocycles. The molecule has 0 saturated carbocycles. The second-order valence-electron chi connectivity index (χ2n) is 7.78. The third-order valence-electron chi connectivity index (χ3n) is 5.85. The topological polar surface area (TPSA) is 56.3 Å². The van der Waals surface area contributed by atoms with Gasteiger partial charge in [0.1, 0.15) is 11.4 Å². The Balaban J connectivity index is 1.57. The molecule has 1 saturated heterocycles. The van der Waals surface area contributed by atoms with Crippen molar-refractivity contribution in [2.75, 3.05) is 13.7 Å². The Kier molecular flexibility index (Phi) is 6.00. The summed E-state index contributed by atoms with van der Waals surface area (Å²) in [5, 5.41) is 9.09. The van der Waals surface area contributed by atoms with Crippen LogP contribution in [0.25, 0.3) is 11.3 Å². The fourth-order valence-corrected chi connectivity index (χ4v) is 4.12. The van der Waals surface area contributed by atoms with E-state index < -0.39 is 0 Å². The molecule has 4 rings (SSSR count). The quantitative estimate of drug-likeness (QED) is 0.589. The second kappa shape index (κ2) is 8.82. The maximum atomic E-state index is 5.73. The van der Waals surface area contributed by atoms with Crippen LogP contribution in [-0.2, 0) is 13.1 Å². The minimum Gasteiger partial charge on any atom is -0.497 e. The minimum absolute atomic E-state index is 0.276. The average molecular weight is 395 g/mol. The highest BCUT2D eigenvalue weighted by Crippen LogP contribution is 2.33. The van der Waals surface area contributed by atoms with Crippen molar-refractivity contribution in [3.63, 3.8) is 0 Å². The summed E-state index contributed by atoms with van der Waals surface area (Å²) in [6, 6.07) is 10.3. The second-order valence-corrected chi connectivity index (χ2v) is 7.78. The fourth-order valence-electron chi connectivity index (χ4n) is 4.12. The van der Waals surface area contributed by atoms with E-state index in [0.717, 1.165) is 54.5 Å². The number of hydrogen-bond acceptors (Lipinski definition) is 5. The number of benzene rings is 1. The summed E-state index contributed by atoms with van der Waals surface area (Å²) in [5.41, 5.74) is 4.47. The molecule has 0 bridgehead atoms. The van der Waals surface area contributed by atoms with Gasteiger partial charge in [-0.2, -0.15) is 5.10 Å². The maximum absolute atomic E-state index is 5.73. The van der Waals surface area contributed by atoms with Gasteiger partial charge in [0.05, 0.1) is 18.8 Å². The number of likely N-dealkylation sites (tertiary alicyclic amines) is 1. The normalized spacial score (nSPS) is 18.0. The molecule has 6 heteroatoms. The zero-order valence-corrected chi connectivity index (χ0v) is 17.6. The van der Waals surface area contributed by atoms with E-state index in [9.17, 15) is 0 Å². The summed E-state index contributed by atoms with van der Waals surface area (Å²) in [5.74, 6) is 1.65. The molecule has 2 aromatic heterocycles. The highest BCUT2D eigenvalue weighted by molar-refractivity contribution is 5.58. The van der Waals surface area contributed by atoms with Crippen molar-refractivity contribution in [3.05, 3.63) is 53.5 Å². The number of hydrogen-bond donors (Lipinski definition) is 0. The number of nitrogens with zero attached hydrogens (tertiary/aromatic N) is 4. The van der Waals surface area contributed by atoms with Gasteiger partial charge in [0.2, 0.25) is 0 Å². The van der Waals surface area contributed by atoms with Crippen molar-refractivity contribution in [1.82, 2.24) is 19.8 Å². The molecule has 0 unspecified atom stereocenters. The average Bonchev–Trinajstić information content (AvgIpc) is 3.30. The number of rotatable bonds is 6. The summed E-state index contributed by atoms with van der Waals surface area (Å²) in [7, 11) is 1.67. The molecular formula is C23H30N4O2. The molecular weight excluding hydrogens is 364 g/mol. The molecule has 154 valence electrons. The van der Waals surface area contributed by atoms with Gasteiger partial charge in [-0.3, -0.25) is 9.58 Å². The van der Waals surface area contributed by atoms with Gasteiger partial charge in [-0.25, -0.2) is 0 Å². The van der Waals surface area contributed by atoms with Crippen molar-refractivity contribution < 1.29 is 9.26 Å². The first kappa shape index (κ1) is 19.7. The molecule has 6 nitrogen and oxygen atoms in total. The number of ether oxygens (including phenoxy) is 1. The van der Waals surface area contributed by atoms with Crippen LogP contribution in [0.4, 0.5) is 0 Å². The van der Waals surface area contributed by atoms with Crippen LogP contribution in [0.15, 0.2) is 41.1 Å². The largest absolute Gasteiger partial charge is 0.497 e. The van der Waals surface area contributed by atoms with Crippen LogP contribution in [-0.4, -0.2) is 33.5 Å². The first-order valence-corrected chi connectivity index (χ1v) is 10.6. The van der Waals surface area contributed by atoms with Gasteiger partial charge in [0.25, 0.3) is 0 Å². The van der Waals surface area contributed by atoms with Gasteiger partial charge >= 0.3 is 0 Å². The third kappa shape index (κ3) is 4.37. The van der Waals surface area contributed by atoms with Crippen LogP contribution in [0, 0.1) is 6.92 Å². The minimum atomic E-state index is 0.276. The van der Waals surface area contributed by atoms with Gasteiger partial charge in [-0.15, -0.1) is 0 Å². The van der Waals surface area contributed by atoms with Crippen molar-refractivity contribution in [2.45, 2.75) is 58.7 Å². The molecule has 0 radical (unpaired) electrons. The summed E-state index contributed by atoms with van der Waals surface area (Å²) in [6.45, 7) is 7.11. The van der Waals surface area contributed by atoms with Crippen molar-refractivity contribution in [1.29, 1.82) is 0 Å². The predicted octanol–water partition coefficient (Wildman–Crippen LogP) is 4.99. The van der Waals surface area contributed by atoms with E-state index >= 15 is 0 Å². The third-order valence-corrected chi connectivity index (χ3v) is 5.85. The lowest BCUT2D eigenvalue weighted by atomic mass is 10.0. The molecule has 0 aliphatic carbocycles. The highest BCUT2D eigenvalue weighted by Gasteiger charge is 2.27. The molecule has 1 aromatic carbocycles. The van der Waals surface area contributed by atoms with Gasteiger partial charge in [-0.1, -0.05) is 18.0 Å². The summed E-state index contributed by atoms with van der Waals surface area (Å²) in [6.07, 6.45) is 7.00. The van der Waals surface area contributed by atoms with E-state index in [4.69, 9.17) is 9.26 Å². The van der Waals surface area contributed by atoms with E-state index in [1.54, 1.807) is 7.11 Å². The lowest BCUT2D eigenvalue weighted by molar-refractivity contribution is 0.183. The number of aryl methyl sites for hydroxylation is 2. The summed E-state index contributed by atoms with van der Waals surface area (Å²) < 4.78 is 13.0. The molecule has 0 spiro atoms. The van der Waals surface area contributed by atoms with Crippen LogP contribution in [0.1, 0.15) is 55.6 Å². The fraction of sp³-hybridized carbons (Fsp3) is 0.478. The maximum Gasteiger partial charge on any atom is 0.167 e. The van der Waals surface area contributed by atoms with Crippen LogP contribution in [0.5, 0.6) is 5.75 Å². The molecule has 3 heterocycles. The van der Waals surface area contributed by atoms with Crippen LogP contribution in [0.3, 0.4) is 0 Å². The van der Waals surface area contributed by atoms with Crippen molar-refractivity contribution in [3.8, 4) is 17.1 Å². The van der Waals surface area contributed by atoms with Crippen LogP contribution in [0.2, 0.25) is 0 Å². The SMILES string of the molecule is CCn1cc(CN2CCCCC[C@@H]2c2cc(-c3ccc(OC)cc3)on2)c(C)n1. The lowest BCUT2D eigenvalue weighted by Gasteiger charge is -2.28. The Morgan fingerprint density at radius 1 is 1.17 bits per heavy atom. The van der Waals surface area contributed by atoms with E-state index in [-0.39, 0.29) is 6.04 Å². The smallest absolute Gasteiger partial charge is 0.167 e. The Morgan fingerprint density at radius 3 is 2.72 bits per heavy atom. The first-order valence-electron chi connectivity index (χ1n) is 10.6. The molecule has 29 heavy (non-hydrogen) atoms. The Morgan fingerprint density at radius 2 is 2.00 bits per heavy atom. The van der Waals surface area contributed by atoms with Crippen LogP contribution >= 0.6 is 0 Å². The molecule has 1 aliphatic rings. The monoisotopic (exact) mass is 394 g/mol. The van der Waals surface area contributed by atoms with E-state index in [2.05, 4.69) is 41.3 Å². The Bertz CT molecular complexity index is 929.